The molecule has 18 heavy (non-hydrogen) atoms. The van der Waals surface area contributed by atoms with Gasteiger partial charge in [0.15, 0.2) is 0 Å². The van der Waals surface area contributed by atoms with E-state index in [1.54, 1.807) is 0 Å². The van der Waals surface area contributed by atoms with Crippen LogP contribution < -0.4 is 10.2 Å². The number of anilines is 1. The first-order valence-corrected chi connectivity index (χ1v) is 6.45. The van der Waals surface area contributed by atoms with E-state index in [0.717, 1.165) is 19.4 Å². The fraction of sp³-hybridized carbons (Fsp3) is 0.533. The van der Waals surface area contributed by atoms with Crippen LogP contribution in [0, 0.1) is 11.3 Å². The largest absolute Gasteiger partial charge is 0.374 e. The summed E-state index contributed by atoms with van der Waals surface area (Å²) >= 11 is 0. The second-order valence-corrected chi connectivity index (χ2v) is 4.89. The van der Waals surface area contributed by atoms with Gasteiger partial charge in [0.05, 0.1) is 6.07 Å². The van der Waals surface area contributed by atoms with Gasteiger partial charge in [-0.25, -0.2) is 0 Å². The van der Waals surface area contributed by atoms with Crippen LogP contribution in [0.15, 0.2) is 24.3 Å². The molecule has 0 fully saturated rings. The Morgan fingerprint density at radius 1 is 1.33 bits per heavy atom. The average molecular weight is 245 g/mol. The maximum absolute atomic E-state index is 9.11. The summed E-state index contributed by atoms with van der Waals surface area (Å²) in [6, 6.07) is 10.9. The van der Waals surface area contributed by atoms with Crippen molar-refractivity contribution in [2.24, 2.45) is 0 Å². The lowest BCUT2D eigenvalue weighted by atomic mass is 10.00. The summed E-state index contributed by atoms with van der Waals surface area (Å²) in [7, 11) is 3.90. The highest BCUT2D eigenvalue weighted by atomic mass is 15.1. The molecule has 0 aliphatic heterocycles. The zero-order chi connectivity index (χ0) is 13.6. The lowest BCUT2D eigenvalue weighted by Crippen LogP contribution is -2.41. The first-order valence-electron chi connectivity index (χ1n) is 6.45. The molecular weight excluding hydrogens is 222 g/mol. The summed E-state index contributed by atoms with van der Waals surface area (Å²) in [5.74, 6) is 0. The van der Waals surface area contributed by atoms with Crippen molar-refractivity contribution in [2.45, 2.75) is 32.2 Å². The number of rotatable bonds is 6. The molecule has 1 N–H and O–H groups in total. The van der Waals surface area contributed by atoms with Crippen molar-refractivity contribution in [3.63, 3.8) is 0 Å². The molecule has 0 spiro atoms. The summed E-state index contributed by atoms with van der Waals surface area (Å²) < 4.78 is 0. The first kappa shape index (κ1) is 14.5. The topological polar surface area (TPSA) is 39.1 Å². The molecule has 0 saturated heterocycles. The summed E-state index contributed by atoms with van der Waals surface area (Å²) in [6.07, 6.45) is 1.86. The van der Waals surface area contributed by atoms with Gasteiger partial charge in [-0.3, -0.25) is 0 Å². The standard InChI is InChI=1S/C15H23N3/c1-5-13-6-8-14(9-7-13)18(4)11-10-15(2,12-16)17-3/h6-9,17H,5,10-11H2,1-4H3. The SMILES string of the molecule is CCc1ccc(N(C)CCC(C)(C#N)NC)cc1. The Morgan fingerprint density at radius 2 is 1.94 bits per heavy atom. The molecule has 1 atom stereocenters. The van der Waals surface area contributed by atoms with Gasteiger partial charge >= 0.3 is 0 Å². The summed E-state index contributed by atoms with van der Waals surface area (Å²) in [6.45, 7) is 4.95. The Kier molecular flexibility index (Phi) is 5.18. The Balaban J connectivity index is 2.60. The predicted octanol–water partition coefficient (Wildman–Crippen LogP) is 2.58. The monoisotopic (exact) mass is 245 g/mol. The minimum atomic E-state index is -0.447. The van der Waals surface area contributed by atoms with Crippen LogP contribution >= 0.6 is 0 Å². The maximum Gasteiger partial charge on any atom is 0.105 e. The average Bonchev–Trinajstić information content (AvgIpc) is 2.44. The molecule has 1 aromatic carbocycles. The predicted molar refractivity (Wildman–Crippen MR) is 76.8 cm³/mol. The van der Waals surface area contributed by atoms with Crippen molar-refractivity contribution in [3.05, 3.63) is 29.8 Å². The lowest BCUT2D eigenvalue weighted by Gasteiger charge is -2.26. The smallest absolute Gasteiger partial charge is 0.105 e. The summed E-state index contributed by atoms with van der Waals surface area (Å²) in [5, 5.41) is 12.2. The number of hydrogen-bond acceptors (Lipinski definition) is 3. The van der Waals surface area contributed by atoms with Gasteiger partial charge in [0.1, 0.15) is 5.54 Å². The molecule has 3 heteroatoms. The van der Waals surface area contributed by atoms with E-state index in [2.05, 4.69) is 54.5 Å². The maximum atomic E-state index is 9.11. The molecule has 0 heterocycles. The van der Waals surface area contributed by atoms with Crippen molar-refractivity contribution in [2.75, 3.05) is 25.5 Å². The molecule has 1 rings (SSSR count). The first-order chi connectivity index (χ1) is 8.54. The van der Waals surface area contributed by atoms with Crippen molar-refractivity contribution < 1.29 is 0 Å². The number of nitrogens with one attached hydrogen (secondary N) is 1. The van der Waals surface area contributed by atoms with Gasteiger partial charge in [-0.2, -0.15) is 5.26 Å². The van der Waals surface area contributed by atoms with Gasteiger partial charge in [-0.1, -0.05) is 19.1 Å². The van der Waals surface area contributed by atoms with E-state index in [1.807, 2.05) is 14.0 Å². The number of hydrogen-bond donors (Lipinski definition) is 1. The van der Waals surface area contributed by atoms with Crippen LogP contribution in [0.25, 0.3) is 0 Å². The second-order valence-electron chi connectivity index (χ2n) is 4.89. The molecule has 0 aromatic heterocycles. The van der Waals surface area contributed by atoms with Gasteiger partial charge in [-0.05, 0) is 44.5 Å². The lowest BCUT2D eigenvalue weighted by molar-refractivity contribution is 0.458. The van der Waals surface area contributed by atoms with E-state index in [9.17, 15) is 0 Å². The molecule has 0 radical (unpaired) electrons. The molecule has 0 aliphatic carbocycles. The minimum Gasteiger partial charge on any atom is -0.374 e. The Morgan fingerprint density at radius 3 is 2.39 bits per heavy atom. The van der Waals surface area contributed by atoms with Crippen LogP contribution in [-0.2, 0) is 6.42 Å². The van der Waals surface area contributed by atoms with Crippen LogP contribution in [0.4, 0.5) is 5.69 Å². The normalized spacial score (nSPS) is 13.7. The van der Waals surface area contributed by atoms with Crippen LogP contribution in [0.1, 0.15) is 25.8 Å². The third-order valence-electron chi connectivity index (χ3n) is 3.53. The zero-order valence-electron chi connectivity index (χ0n) is 11.8. The van der Waals surface area contributed by atoms with Crippen molar-refractivity contribution in [1.29, 1.82) is 5.26 Å². The molecule has 0 aliphatic rings. The summed E-state index contributed by atoms with van der Waals surface area (Å²) in [5.41, 5.74) is 2.10. The molecular formula is C15H23N3. The van der Waals surface area contributed by atoms with E-state index in [4.69, 9.17) is 5.26 Å². The van der Waals surface area contributed by atoms with E-state index in [0.29, 0.717) is 0 Å². The third kappa shape index (κ3) is 3.75. The van der Waals surface area contributed by atoms with Crippen molar-refractivity contribution >= 4 is 5.69 Å². The van der Waals surface area contributed by atoms with E-state index >= 15 is 0 Å². The highest BCUT2D eigenvalue weighted by Gasteiger charge is 2.21. The Labute approximate surface area is 110 Å². The fourth-order valence-corrected chi connectivity index (χ4v) is 1.74. The number of nitriles is 1. The van der Waals surface area contributed by atoms with E-state index < -0.39 is 5.54 Å². The van der Waals surface area contributed by atoms with E-state index in [1.165, 1.54) is 11.3 Å². The number of nitrogens with zero attached hydrogens (tertiary/aromatic N) is 2. The van der Waals surface area contributed by atoms with Crippen LogP contribution in [0.2, 0.25) is 0 Å². The molecule has 0 amide bonds. The molecule has 0 bridgehead atoms. The van der Waals surface area contributed by atoms with Crippen LogP contribution in [-0.4, -0.2) is 26.2 Å². The third-order valence-corrected chi connectivity index (χ3v) is 3.53. The van der Waals surface area contributed by atoms with Gasteiger partial charge < -0.3 is 10.2 Å². The highest BCUT2D eigenvalue weighted by molar-refractivity contribution is 5.46. The van der Waals surface area contributed by atoms with Crippen molar-refractivity contribution in [1.82, 2.24) is 5.32 Å². The van der Waals surface area contributed by atoms with Crippen molar-refractivity contribution in [3.8, 4) is 6.07 Å². The second kappa shape index (κ2) is 6.42. The van der Waals surface area contributed by atoms with Gasteiger partial charge in [0.25, 0.3) is 0 Å². The van der Waals surface area contributed by atoms with Gasteiger partial charge in [-0.15, -0.1) is 0 Å². The molecule has 1 unspecified atom stereocenters. The molecule has 98 valence electrons. The van der Waals surface area contributed by atoms with Crippen LogP contribution in [0.5, 0.6) is 0 Å². The van der Waals surface area contributed by atoms with Gasteiger partial charge in [0, 0.05) is 19.3 Å². The molecule has 3 nitrogen and oxygen atoms in total. The molecule has 1 aromatic rings. The highest BCUT2D eigenvalue weighted by Crippen LogP contribution is 2.16. The fourth-order valence-electron chi connectivity index (χ4n) is 1.74. The molecule has 0 saturated carbocycles. The number of aryl methyl sites for hydroxylation is 1. The van der Waals surface area contributed by atoms with Gasteiger partial charge in [0.2, 0.25) is 0 Å². The Bertz CT molecular complexity index is 405. The summed E-state index contributed by atoms with van der Waals surface area (Å²) in [4.78, 5) is 2.19. The van der Waals surface area contributed by atoms with E-state index in [-0.39, 0.29) is 0 Å². The quantitative estimate of drug-likeness (QED) is 0.837. The zero-order valence-corrected chi connectivity index (χ0v) is 11.8. The minimum absolute atomic E-state index is 0.447. The Hall–Kier alpha value is -1.53. The number of benzene rings is 1. The van der Waals surface area contributed by atoms with Crippen LogP contribution in [0.3, 0.4) is 0 Å².